The number of ketones is 1. The van der Waals surface area contributed by atoms with E-state index in [2.05, 4.69) is 0 Å². The maximum absolute atomic E-state index is 11.5. The normalized spacial score (nSPS) is 14.8. The van der Waals surface area contributed by atoms with Gasteiger partial charge in [0.25, 0.3) is 0 Å². The topological polar surface area (TPSA) is 46.5 Å². The standard InChI is InChI=1S/C11H12O3/c1-2-7-9(12)4-3-8-10(13)5-6-14-11(7)8/h3-4,12H,2,5-6H2,1H3. The van der Waals surface area contributed by atoms with E-state index in [0.29, 0.717) is 30.8 Å². The Morgan fingerprint density at radius 3 is 3.00 bits per heavy atom. The molecular weight excluding hydrogens is 180 g/mol. The first kappa shape index (κ1) is 9.06. The molecule has 3 nitrogen and oxygen atoms in total. The highest BCUT2D eigenvalue weighted by molar-refractivity contribution is 6.00. The molecule has 74 valence electrons. The second-order valence-corrected chi connectivity index (χ2v) is 3.32. The summed E-state index contributed by atoms with van der Waals surface area (Å²) < 4.78 is 5.42. The number of Topliss-reactive ketones (excluding diaryl/α,β-unsaturated/α-hetero) is 1. The van der Waals surface area contributed by atoms with Crippen LogP contribution < -0.4 is 4.74 Å². The van der Waals surface area contributed by atoms with Crippen LogP contribution in [0, 0.1) is 0 Å². The molecule has 0 amide bonds. The zero-order chi connectivity index (χ0) is 10.1. The van der Waals surface area contributed by atoms with Gasteiger partial charge in [0.1, 0.15) is 11.5 Å². The summed E-state index contributed by atoms with van der Waals surface area (Å²) in [6.45, 7) is 2.35. The molecule has 0 bridgehead atoms. The molecule has 14 heavy (non-hydrogen) atoms. The first-order chi connectivity index (χ1) is 6.74. The molecule has 3 heteroatoms. The van der Waals surface area contributed by atoms with Crippen LogP contribution in [0.4, 0.5) is 0 Å². The summed E-state index contributed by atoms with van der Waals surface area (Å²) in [7, 11) is 0. The number of phenols is 1. The average molecular weight is 192 g/mol. The van der Waals surface area contributed by atoms with Crippen molar-refractivity contribution in [3.8, 4) is 11.5 Å². The van der Waals surface area contributed by atoms with Gasteiger partial charge in [-0.25, -0.2) is 0 Å². The highest BCUT2D eigenvalue weighted by Gasteiger charge is 2.22. The van der Waals surface area contributed by atoms with Gasteiger partial charge >= 0.3 is 0 Å². The Bertz CT molecular complexity index is 382. The van der Waals surface area contributed by atoms with Crippen LogP contribution in [0.1, 0.15) is 29.3 Å². The number of benzene rings is 1. The van der Waals surface area contributed by atoms with Gasteiger partial charge in [-0.2, -0.15) is 0 Å². The Morgan fingerprint density at radius 2 is 2.29 bits per heavy atom. The number of carbonyl (C=O) groups is 1. The van der Waals surface area contributed by atoms with Crippen LogP contribution in [0.25, 0.3) is 0 Å². The Hall–Kier alpha value is -1.51. The molecule has 1 aromatic rings. The molecule has 0 atom stereocenters. The monoisotopic (exact) mass is 192 g/mol. The summed E-state index contributed by atoms with van der Waals surface area (Å²) in [5.41, 5.74) is 1.33. The van der Waals surface area contributed by atoms with E-state index in [4.69, 9.17) is 4.74 Å². The number of hydrogen-bond donors (Lipinski definition) is 1. The Kier molecular flexibility index (Phi) is 2.15. The van der Waals surface area contributed by atoms with Crippen molar-refractivity contribution in [2.24, 2.45) is 0 Å². The fourth-order valence-electron chi connectivity index (χ4n) is 1.72. The lowest BCUT2D eigenvalue weighted by atomic mass is 9.99. The van der Waals surface area contributed by atoms with Crippen molar-refractivity contribution in [2.75, 3.05) is 6.61 Å². The van der Waals surface area contributed by atoms with Crippen LogP contribution in [0.3, 0.4) is 0 Å². The molecule has 2 rings (SSSR count). The van der Waals surface area contributed by atoms with Crippen LogP contribution in [0.5, 0.6) is 11.5 Å². The van der Waals surface area contributed by atoms with Crippen molar-refractivity contribution in [2.45, 2.75) is 19.8 Å². The molecule has 0 saturated carbocycles. The number of aromatic hydroxyl groups is 1. The predicted octanol–water partition coefficient (Wildman–Crippen LogP) is 1.92. The molecular formula is C11H12O3. The Morgan fingerprint density at radius 1 is 1.50 bits per heavy atom. The van der Waals surface area contributed by atoms with Crippen LogP contribution in [-0.2, 0) is 6.42 Å². The molecule has 0 spiro atoms. The third kappa shape index (κ3) is 1.25. The smallest absolute Gasteiger partial charge is 0.170 e. The third-order valence-corrected chi connectivity index (χ3v) is 2.47. The van der Waals surface area contributed by atoms with E-state index in [9.17, 15) is 9.90 Å². The number of fused-ring (bicyclic) bond motifs is 1. The number of hydrogen-bond acceptors (Lipinski definition) is 3. The molecule has 0 fully saturated rings. The summed E-state index contributed by atoms with van der Waals surface area (Å²) >= 11 is 0. The quantitative estimate of drug-likeness (QED) is 0.739. The van der Waals surface area contributed by atoms with E-state index in [0.717, 1.165) is 5.56 Å². The molecule has 1 aliphatic heterocycles. The van der Waals surface area contributed by atoms with Gasteiger partial charge in [-0.1, -0.05) is 6.92 Å². The predicted molar refractivity (Wildman–Crippen MR) is 51.9 cm³/mol. The van der Waals surface area contributed by atoms with Crippen molar-refractivity contribution in [1.82, 2.24) is 0 Å². The molecule has 1 aromatic carbocycles. The van der Waals surface area contributed by atoms with Crippen molar-refractivity contribution in [3.63, 3.8) is 0 Å². The van der Waals surface area contributed by atoms with Crippen molar-refractivity contribution in [1.29, 1.82) is 0 Å². The van der Waals surface area contributed by atoms with Gasteiger partial charge in [0.15, 0.2) is 5.78 Å². The van der Waals surface area contributed by atoms with E-state index < -0.39 is 0 Å². The molecule has 0 radical (unpaired) electrons. The van der Waals surface area contributed by atoms with Crippen molar-refractivity contribution in [3.05, 3.63) is 23.3 Å². The van der Waals surface area contributed by atoms with E-state index >= 15 is 0 Å². The van der Waals surface area contributed by atoms with E-state index in [1.54, 1.807) is 12.1 Å². The van der Waals surface area contributed by atoms with Crippen LogP contribution in [0.2, 0.25) is 0 Å². The number of carbonyl (C=O) groups excluding carboxylic acids is 1. The lowest BCUT2D eigenvalue weighted by Crippen LogP contribution is -2.16. The molecule has 1 heterocycles. The molecule has 0 unspecified atom stereocenters. The fourth-order valence-corrected chi connectivity index (χ4v) is 1.72. The maximum Gasteiger partial charge on any atom is 0.170 e. The number of rotatable bonds is 1. The number of phenolic OH excluding ortho intramolecular Hbond substituents is 1. The average Bonchev–Trinajstić information content (AvgIpc) is 2.18. The minimum Gasteiger partial charge on any atom is -0.508 e. The highest BCUT2D eigenvalue weighted by atomic mass is 16.5. The second-order valence-electron chi connectivity index (χ2n) is 3.32. The summed E-state index contributed by atoms with van der Waals surface area (Å²) in [6.07, 6.45) is 1.10. The zero-order valence-corrected chi connectivity index (χ0v) is 8.04. The lowest BCUT2D eigenvalue weighted by molar-refractivity contribution is 0.0932. The first-order valence-electron chi connectivity index (χ1n) is 4.75. The lowest BCUT2D eigenvalue weighted by Gasteiger charge is -2.19. The van der Waals surface area contributed by atoms with E-state index in [-0.39, 0.29) is 11.5 Å². The van der Waals surface area contributed by atoms with Gasteiger partial charge in [-0.3, -0.25) is 4.79 Å². The SMILES string of the molecule is CCc1c(O)ccc2c1OCCC2=O. The molecule has 0 aliphatic carbocycles. The zero-order valence-electron chi connectivity index (χ0n) is 8.04. The Balaban J connectivity index is 2.61. The van der Waals surface area contributed by atoms with E-state index in [1.165, 1.54) is 0 Å². The highest BCUT2D eigenvalue weighted by Crippen LogP contribution is 2.34. The summed E-state index contributed by atoms with van der Waals surface area (Å²) in [5.74, 6) is 0.880. The molecule has 1 aliphatic rings. The molecule has 1 N–H and O–H groups in total. The van der Waals surface area contributed by atoms with Gasteiger partial charge in [-0.15, -0.1) is 0 Å². The number of ether oxygens (including phenoxy) is 1. The first-order valence-corrected chi connectivity index (χ1v) is 4.75. The Labute approximate surface area is 82.3 Å². The third-order valence-electron chi connectivity index (χ3n) is 2.47. The maximum atomic E-state index is 11.5. The van der Waals surface area contributed by atoms with Crippen molar-refractivity contribution < 1.29 is 14.6 Å². The van der Waals surface area contributed by atoms with Crippen LogP contribution in [0.15, 0.2) is 12.1 Å². The van der Waals surface area contributed by atoms with Crippen LogP contribution >= 0.6 is 0 Å². The van der Waals surface area contributed by atoms with Gasteiger partial charge < -0.3 is 9.84 Å². The summed E-state index contributed by atoms with van der Waals surface area (Å²) in [4.78, 5) is 11.5. The van der Waals surface area contributed by atoms with Crippen molar-refractivity contribution >= 4 is 5.78 Å². The minimum absolute atomic E-state index is 0.0981. The van der Waals surface area contributed by atoms with E-state index in [1.807, 2.05) is 6.92 Å². The fraction of sp³-hybridized carbons (Fsp3) is 0.364. The largest absolute Gasteiger partial charge is 0.508 e. The van der Waals surface area contributed by atoms with Gasteiger partial charge in [0, 0.05) is 12.0 Å². The van der Waals surface area contributed by atoms with Gasteiger partial charge in [-0.05, 0) is 18.6 Å². The second kappa shape index (κ2) is 3.33. The van der Waals surface area contributed by atoms with Crippen LogP contribution in [-0.4, -0.2) is 17.5 Å². The summed E-state index contributed by atoms with van der Waals surface area (Å²) in [5, 5.41) is 9.56. The minimum atomic E-state index is 0.0981. The van der Waals surface area contributed by atoms with Gasteiger partial charge in [0.05, 0.1) is 12.2 Å². The summed E-state index contributed by atoms with van der Waals surface area (Å²) in [6, 6.07) is 3.19. The molecule has 0 aromatic heterocycles. The van der Waals surface area contributed by atoms with Gasteiger partial charge in [0.2, 0.25) is 0 Å². The molecule has 0 saturated heterocycles.